The fraction of sp³-hybridized carbons (Fsp3) is 0.409. The third kappa shape index (κ3) is 5.33. The lowest BCUT2D eigenvalue weighted by molar-refractivity contribution is 0.604. The molecule has 2 heterocycles. The molecule has 2 nitrogen and oxygen atoms in total. The largest absolute Gasteiger partial charge is 0.447 e. The van der Waals surface area contributed by atoms with E-state index < -0.39 is 16.1 Å². The average molecular weight is 669 g/mol. The minimum Gasteiger partial charge on any atom is -0.447 e. The van der Waals surface area contributed by atoms with Crippen LogP contribution in [0.25, 0.3) is 54.3 Å². The zero-order valence-electron chi connectivity index (χ0n) is 31.1. The first-order valence-electron chi connectivity index (χ1n) is 18.0. The van der Waals surface area contributed by atoms with Gasteiger partial charge in [-0.2, -0.15) is 0 Å². The van der Waals surface area contributed by atoms with Gasteiger partial charge < -0.3 is 8.83 Å². The quantitative estimate of drug-likeness (QED) is 0.100. The number of rotatable bonds is 6. The molecule has 0 spiro atoms. The summed E-state index contributed by atoms with van der Waals surface area (Å²) >= 11 is 0. The van der Waals surface area contributed by atoms with E-state index in [4.69, 9.17) is 8.83 Å². The lowest BCUT2D eigenvalue weighted by atomic mass is 9.95. The van der Waals surface area contributed by atoms with Crippen LogP contribution in [0.15, 0.2) is 69.5 Å². The molecule has 2 aromatic heterocycles. The second-order valence-corrected chi connectivity index (χ2v) is 27.1. The molecule has 0 aliphatic rings. The van der Waals surface area contributed by atoms with Gasteiger partial charge >= 0.3 is 0 Å². The van der Waals surface area contributed by atoms with Gasteiger partial charge in [-0.1, -0.05) is 119 Å². The summed E-state index contributed by atoms with van der Waals surface area (Å²) in [5.74, 6) is 8.58. The molecule has 0 saturated carbocycles. The molecule has 0 atom stereocenters. The number of hydrogen-bond acceptors (Lipinski definition) is 2. The van der Waals surface area contributed by atoms with Crippen molar-refractivity contribution in [3.63, 3.8) is 0 Å². The maximum absolute atomic E-state index is 6.53. The van der Waals surface area contributed by atoms with Gasteiger partial charge in [0.15, 0.2) is 11.5 Å². The molecule has 0 fully saturated rings. The van der Waals surface area contributed by atoms with E-state index in [1.54, 1.807) is 0 Å². The number of fused-ring (bicyclic) bond motifs is 9. The average Bonchev–Trinajstić information content (AvgIpc) is 3.64. The second kappa shape index (κ2) is 12.6. The number of hydrogen-bond donors (Lipinski definition) is 0. The Morgan fingerprint density at radius 2 is 0.667 bits per heavy atom. The first kappa shape index (κ1) is 34.2. The standard InChI is InChI=1S/C44H52O2Si2/c1-27(2)47(28(3)4,29(5)6)23-21-35-25-33-13-15-39-37-18-20-42-40(38(37)17-19-41(39)43(33)45-35)16-14-34-26-36(46-44(34)42)22-24-48(30(7)8,31(9)10)32(11)12/h13-20,25-32H,1-12H3. The maximum Gasteiger partial charge on any atom is 0.177 e. The fourth-order valence-corrected chi connectivity index (χ4v) is 19.8. The lowest BCUT2D eigenvalue weighted by Gasteiger charge is -2.37. The van der Waals surface area contributed by atoms with Crippen molar-refractivity contribution in [2.24, 2.45) is 0 Å². The zero-order chi connectivity index (χ0) is 34.7. The summed E-state index contributed by atoms with van der Waals surface area (Å²) in [4.78, 5) is 0. The summed E-state index contributed by atoms with van der Waals surface area (Å²) in [6.45, 7) is 28.2. The highest BCUT2D eigenvalue weighted by molar-refractivity contribution is 6.91. The Morgan fingerprint density at radius 3 is 0.979 bits per heavy atom. The molecule has 6 aromatic rings. The molecule has 0 saturated heterocycles. The van der Waals surface area contributed by atoms with Crippen LogP contribution in [-0.4, -0.2) is 16.1 Å². The minimum atomic E-state index is -1.86. The molecular formula is C44H52O2Si2. The molecule has 248 valence electrons. The van der Waals surface area contributed by atoms with Crippen molar-refractivity contribution in [2.75, 3.05) is 0 Å². The van der Waals surface area contributed by atoms with E-state index in [0.717, 1.165) is 44.2 Å². The Morgan fingerprint density at radius 1 is 0.396 bits per heavy atom. The molecule has 0 aliphatic carbocycles. The van der Waals surface area contributed by atoms with E-state index in [1.807, 2.05) is 0 Å². The smallest absolute Gasteiger partial charge is 0.177 e. The van der Waals surface area contributed by atoms with Gasteiger partial charge in [-0.25, -0.2) is 0 Å². The molecule has 0 amide bonds. The lowest BCUT2D eigenvalue weighted by Crippen LogP contribution is -2.43. The SMILES string of the molecule is CC(C)[Si](C#Cc1cc2ccc3c4ccc5c(ccc6cc(C#C[Si](C(C)C)(C(C)C)C(C)C)oc65)c4ccc3c2o1)(C(C)C)C(C)C. The second-order valence-electron chi connectivity index (χ2n) is 15.9. The Labute approximate surface area is 289 Å². The highest BCUT2D eigenvalue weighted by Crippen LogP contribution is 2.43. The topological polar surface area (TPSA) is 26.3 Å². The maximum atomic E-state index is 6.53. The molecule has 4 aromatic carbocycles. The molecular weight excluding hydrogens is 617 g/mol. The minimum absolute atomic E-state index is 0.582. The number of benzene rings is 4. The third-order valence-corrected chi connectivity index (χ3v) is 24.3. The highest BCUT2D eigenvalue weighted by Gasteiger charge is 2.42. The molecule has 0 aliphatic heterocycles. The summed E-state index contributed by atoms with van der Waals surface area (Å²) in [5, 5.41) is 9.25. The normalized spacial score (nSPS) is 13.0. The molecule has 0 unspecified atom stereocenters. The van der Waals surface area contributed by atoms with E-state index >= 15 is 0 Å². The van der Waals surface area contributed by atoms with Crippen molar-refractivity contribution in [1.82, 2.24) is 0 Å². The van der Waals surface area contributed by atoms with Gasteiger partial charge in [-0.3, -0.25) is 0 Å². The van der Waals surface area contributed by atoms with Gasteiger partial charge in [0.1, 0.15) is 27.3 Å². The molecule has 48 heavy (non-hydrogen) atoms. The highest BCUT2D eigenvalue weighted by atomic mass is 28.3. The van der Waals surface area contributed by atoms with Gasteiger partial charge in [0.2, 0.25) is 0 Å². The van der Waals surface area contributed by atoms with Crippen LogP contribution in [0, 0.1) is 22.9 Å². The van der Waals surface area contributed by atoms with E-state index in [9.17, 15) is 0 Å². The van der Waals surface area contributed by atoms with Crippen molar-refractivity contribution in [1.29, 1.82) is 0 Å². The molecule has 0 N–H and O–H groups in total. The van der Waals surface area contributed by atoms with Gasteiger partial charge in [0, 0.05) is 33.7 Å². The van der Waals surface area contributed by atoms with E-state index in [2.05, 4.69) is 167 Å². The Balaban J connectivity index is 1.45. The number of furan rings is 2. The third-order valence-electron chi connectivity index (χ3n) is 11.7. The summed E-state index contributed by atoms with van der Waals surface area (Å²) in [6.07, 6.45) is 0. The predicted molar refractivity (Wildman–Crippen MR) is 214 cm³/mol. The van der Waals surface area contributed by atoms with Crippen molar-refractivity contribution in [2.45, 2.75) is 116 Å². The summed E-state index contributed by atoms with van der Waals surface area (Å²) in [6, 6.07) is 22.0. The van der Waals surface area contributed by atoms with E-state index in [0.29, 0.717) is 33.2 Å². The zero-order valence-corrected chi connectivity index (χ0v) is 33.1. The summed E-state index contributed by atoms with van der Waals surface area (Å²) in [7, 11) is -3.71. The Kier molecular flexibility index (Phi) is 8.99. The van der Waals surface area contributed by atoms with Crippen LogP contribution in [0.1, 0.15) is 94.6 Å². The monoisotopic (exact) mass is 668 g/mol. The van der Waals surface area contributed by atoms with Crippen LogP contribution in [-0.2, 0) is 0 Å². The van der Waals surface area contributed by atoms with E-state index in [1.165, 1.54) is 21.5 Å². The van der Waals surface area contributed by atoms with Crippen molar-refractivity contribution in [3.05, 3.63) is 72.2 Å². The first-order valence-corrected chi connectivity index (χ1v) is 22.5. The molecule has 4 heteroatoms. The van der Waals surface area contributed by atoms with Crippen molar-refractivity contribution < 1.29 is 8.83 Å². The first-order chi connectivity index (χ1) is 22.7. The van der Waals surface area contributed by atoms with Crippen molar-refractivity contribution in [3.8, 4) is 22.9 Å². The van der Waals surface area contributed by atoms with Gasteiger partial charge in [-0.05, 0) is 78.8 Å². The van der Waals surface area contributed by atoms with Crippen LogP contribution in [0.4, 0.5) is 0 Å². The fourth-order valence-electron chi connectivity index (χ4n) is 9.36. The molecule has 0 bridgehead atoms. The van der Waals surface area contributed by atoms with Crippen LogP contribution in [0.3, 0.4) is 0 Å². The predicted octanol–water partition coefficient (Wildman–Crippen LogP) is 13.8. The summed E-state index contributed by atoms with van der Waals surface area (Å²) < 4.78 is 13.1. The van der Waals surface area contributed by atoms with Gasteiger partial charge in [0.05, 0.1) is 0 Å². The van der Waals surface area contributed by atoms with E-state index in [-0.39, 0.29) is 0 Å². The molecule has 0 radical (unpaired) electrons. The van der Waals surface area contributed by atoms with Crippen LogP contribution in [0.2, 0.25) is 33.2 Å². The van der Waals surface area contributed by atoms with Crippen LogP contribution >= 0.6 is 0 Å². The molecule has 6 rings (SSSR count). The Hall–Kier alpha value is -3.71. The van der Waals surface area contributed by atoms with Crippen LogP contribution in [0.5, 0.6) is 0 Å². The Bertz CT molecular complexity index is 2080. The van der Waals surface area contributed by atoms with Crippen molar-refractivity contribution >= 4 is 70.4 Å². The summed E-state index contributed by atoms with van der Waals surface area (Å²) in [5.41, 5.74) is 13.0. The van der Waals surface area contributed by atoms with Crippen LogP contribution < -0.4 is 0 Å². The van der Waals surface area contributed by atoms with Gasteiger partial charge in [-0.15, -0.1) is 11.1 Å². The van der Waals surface area contributed by atoms with Gasteiger partial charge in [0.25, 0.3) is 0 Å².